The standard InChI is InChI=1S/C16H10ClFN4/c17-11-2-1-3-13(8-11)22-16(20)14(9-19)15(21-22)10-4-6-12(18)7-5-10/h1-8H,20H2. The van der Waals surface area contributed by atoms with E-state index in [1.807, 2.05) is 6.07 Å². The van der Waals surface area contributed by atoms with Gasteiger partial charge in [-0.2, -0.15) is 10.4 Å². The zero-order valence-corrected chi connectivity index (χ0v) is 12.0. The lowest BCUT2D eigenvalue weighted by Crippen LogP contribution is -2.02. The highest BCUT2D eigenvalue weighted by molar-refractivity contribution is 6.30. The van der Waals surface area contributed by atoms with Gasteiger partial charge in [-0.15, -0.1) is 0 Å². The van der Waals surface area contributed by atoms with Crippen molar-refractivity contribution >= 4 is 17.4 Å². The minimum atomic E-state index is -0.357. The molecule has 1 heterocycles. The molecule has 0 saturated carbocycles. The summed E-state index contributed by atoms with van der Waals surface area (Å²) in [5.41, 5.74) is 7.93. The van der Waals surface area contributed by atoms with Gasteiger partial charge in [-0.3, -0.25) is 0 Å². The fraction of sp³-hybridized carbons (Fsp3) is 0. The number of nitrogen functional groups attached to an aromatic ring is 1. The van der Waals surface area contributed by atoms with Crippen LogP contribution in [0, 0.1) is 17.1 Å². The highest BCUT2D eigenvalue weighted by Crippen LogP contribution is 2.29. The van der Waals surface area contributed by atoms with Gasteiger partial charge >= 0.3 is 0 Å². The molecule has 22 heavy (non-hydrogen) atoms. The average Bonchev–Trinajstić information content (AvgIpc) is 2.85. The molecule has 0 saturated heterocycles. The van der Waals surface area contributed by atoms with Gasteiger partial charge in [0.05, 0.1) is 5.69 Å². The molecular formula is C16H10ClFN4. The lowest BCUT2D eigenvalue weighted by molar-refractivity contribution is 0.628. The second-order valence-corrected chi connectivity index (χ2v) is 5.06. The first-order valence-electron chi connectivity index (χ1n) is 6.40. The van der Waals surface area contributed by atoms with Crippen LogP contribution in [0.15, 0.2) is 48.5 Å². The Morgan fingerprint density at radius 3 is 2.55 bits per heavy atom. The highest BCUT2D eigenvalue weighted by Gasteiger charge is 2.18. The number of anilines is 1. The highest BCUT2D eigenvalue weighted by atomic mass is 35.5. The first-order chi connectivity index (χ1) is 10.6. The molecule has 1 aromatic heterocycles. The summed E-state index contributed by atoms with van der Waals surface area (Å²) in [6.45, 7) is 0. The number of nitrogens with two attached hydrogens (primary N) is 1. The van der Waals surface area contributed by atoms with E-state index in [9.17, 15) is 9.65 Å². The maximum absolute atomic E-state index is 13.0. The molecule has 0 atom stereocenters. The molecule has 0 fully saturated rings. The van der Waals surface area contributed by atoms with Crippen molar-refractivity contribution in [3.63, 3.8) is 0 Å². The van der Waals surface area contributed by atoms with Crippen molar-refractivity contribution in [2.24, 2.45) is 0 Å². The third kappa shape index (κ3) is 2.41. The minimum Gasteiger partial charge on any atom is -0.382 e. The van der Waals surface area contributed by atoms with Crippen LogP contribution >= 0.6 is 11.6 Å². The van der Waals surface area contributed by atoms with E-state index < -0.39 is 0 Å². The van der Waals surface area contributed by atoms with Crippen LogP contribution in [0.4, 0.5) is 10.2 Å². The normalized spacial score (nSPS) is 10.4. The predicted octanol–water partition coefficient (Wildman–Crippen LogP) is 3.79. The van der Waals surface area contributed by atoms with E-state index in [1.54, 1.807) is 36.4 Å². The number of benzene rings is 2. The summed E-state index contributed by atoms with van der Waals surface area (Å²) in [6, 6.07) is 14.8. The van der Waals surface area contributed by atoms with E-state index in [1.165, 1.54) is 16.8 Å². The van der Waals surface area contributed by atoms with Crippen molar-refractivity contribution in [2.45, 2.75) is 0 Å². The molecule has 0 spiro atoms. The Balaban J connectivity index is 2.19. The van der Waals surface area contributed by atoms with Crippen LogP contribution in [0.3, 0.4) is 0 Å². The lowest BCUT2D eigenvalue weighted by Gasteiger charge is -2.03. The Bertz CT molecular complexity index is 878. The van der Waals surface area contributed by atoms with Crippen molar-refractivity contribution in [1.82, 2.24) is 9.78 Å². The molecule has 3 rings (SSSR count). The van der Waals surface area contributed by atoms with Gasteiger partial charge in [0, 0.05) is 10.6 Å². The Kier molecular flexibility index (Phi) is 3.53. The summed E-state index contributed by atoms with van der Waals surface area (Å²) in [5.74, 6) is -0.145. The van der Waals surface area contributed by atoms with Crippen LogP contribution in [0.1, 0.15) is 5.56 Å². The quantitative estimate of drug-likeness (QED) is 0.783. The van der Waals surface area contributed by atoms with E-state index in [-0.39, 0.29) is 17.2 Å². The molecule has 0 bridgehead atoms. The number of hydrogen-bond acceptors (Lipinski definition) is 3. The molecule has 0 radical (unpaired) electrons. The number of nitrogens with zero attached hydrogens (tertiary/aromatic N) is 3. The van der Waals surface area contributed by atoms with E-state index in [0.717, 1.165) is 0 Å². The van der Waals surface area contributed by atoms with Crippen molar-refractivity contribution in [3.8, 4) is 23.0 Å². The molecular weight excluding hydrogens is 303 g/mol. The molecule has 2 aromatic carbocycles. The van der Waals surface area contributed by atoms with Crippen LogP contribution in [0.25, 0.3) is 16.9 Å². The average molecular weight is 313 g/mol. The number of aromatic nitrogens is 2. The Morgan fingerprint density at radius 2 is 1.91 bits per heavy atom. The van der Waals surface area contributed by atoms with Gasteiger partial charge in [0.1, 0.15) is 29.0 Å². The molecule has 0 aliphatic rings. The van der Waals surface area contributed by atoms with Crippen molar-refractivity contribution in [1.29, 1.82) is 5.26 Å². The first kappa shape index (κ1) is 14.1. The van der Waals surface area contributed by atoms with Crippen molar-refractivity contribution in [3.05, 3.63) is 64.9 Å². The lowest BCUT2D eigenvalue weighted by atomic mass is 10.1. The Morgan fingerprint density at radius 1 is 1.18 bits per heavy atom. The molecule has 0 amide bonds. The summed E-state index contributed by atoms with van der Waals surface area (Å²) >= 11 is 5.97. The fourth-order valence-corrected chi connectivity index (χ4v) is 2.34. The SMILES string of the molecule is N#Cc1c(-c2ccc(F)cc2)nn(-c2cccc(Cl)c2)c1N. The molecule has 0 aliphatic carbocycles. The van der Waals surface area contributed by atoms with Crippen molar-refractivity contribution in [2.75, 3.05) is 5.73 Å². The van der Waals surface area contributed by atoms with Gasteiger partial charge in [-0.05, 0) is 42.5 Å². The zero-order chi connectivity index (χ0) is 15.7. The monoisotopic (exact) mass is 312 g/mol. The maximum atomic E-state index is 13.0. The maximum Gasteiger partial charge on any atom is 0.145 e. The fourth-order valence-electron chi connectivity index (χ4n) is 2.16. The minimum absolute atomic E-state index is 0.212. The topological polar surface area (TPSA) is 67.6 Å². The summed E-state index contributed by atoms with van der Waals surface area (Å²) in [7, 11) is 0. The van der Waals surface area contributed by atoms with Crippen LogP contribution in [-0.2, 0) is 0 Å². The van der Waals surface area contributed by atoms with E-state index in [4.69, 9.17) is 17.3 Å². The molecule has 2 N–H and O–H groups in total. The van der Waals surface area contributed by atoms with Crippen LogP contribution in [0.5, 0.6) is 0 Å². The largest absolute Gasteiger partial charge is 0.382 e. The van der Waals surface area contributed by atoms with E-state index in [0.29, 0.717) is 22.0 Å². The molecule has 6 heteroatoms. The van der Waals surface area contributed by atoms with Crippen LogP contribution in [-0.4, -0.2) is 9.78 Å². The predicted molar refractivity (Wildman–Crippen MR) is 83.1 cm³/mol. The van der Waals surface area contributed by atoms with Gasteiger partial charge < -0.3 is 5.73 Å². The summed E-state index contributed by atoms with van der Waals surface area (Å²) in [5, 5.41) is 14.3. The van der Waals surface area contributed by atoms with Crippen molar-refractivity contribution < 1.29 is 4.39 Å². The zero-order valence-electron chi connectivity index (χ0n) is 11.3. The van der Waals surface area contributed by atoms with Gasteiger partial charge in [-0.1, -0.05) is 17.7 Å². The number of rotatable bonds is 2. The van der Waals surface area contributed by atoms with Gasteiger partial charge in [0.2, 0.25) is 0 Å². The third-order valence-electron chi connectivity index (χ3n) is 3.20. The third-order valence-corrected chi connectivity index (χ3v) is 3.44. The molecule has 108 valence electrons. The Labute approximate surface area is 131 Å². The summed E-state index contributed by atoms with van der Waals surface area (Å²) in [4.78, 5) is 0. The first-order valence-corrected chi connectivity index (χ1v) is 6.78. The van der Waals surface area contributed by atoms with E-state index in [2.05, 4.69) is 5.10 Å². The second-order valence-electron chi connectivity index (χ2n) is 4.62. The Hall–Kier alpha value is -2.84. The van der Waals surface area contributed by atoms with Gasteiger partial charge in [0.25, 0.3) is 0 Å². The van der Waals surface area contributed by atoms with Crippen LogP contribution < -0.4 is 5.73 Å². The number of nitriles is 1. The number of hydrogen-bond donors (Lipinski definition) is 1. The van der Waals surface area contributed by atoms with E-state index >= 15 is 0 Å². The van der Waals surface area contributed by atoms with Gasteiger partial charge in [-0.25, -0.2) is 9.07 Å². The summed E-state index contributed by atoms with van der Waals surface area (Å²) in [6.07, 6.45) is 0. The van der Waals surface area contributed by atoms with Gasteiger partial charge in [0.15, 0.2) is 0 Å². The second kappa shape index (κ2) is 5.51. The molecule has 4 nitrogen and oxygen atoms in total. The molecule has 0 unspecified atom stereocenters. The molecule has 0 aliphatic heterocycles. The van der Waals surface area contributed by atoms with Crippen LogP contribution in [0.2, 0.25) is 5.02 Å². The smallest absolute Gasteiger partial charge is 0.145 e. The summed E-state index contributed by atoms with van der Waals surface area (Å²) < 4.78 is 14.5. The number of halogens is 2. The molecule has 3 aromatic rings.